The Hall–Kier alpha value is -2.48. The van der Waals surface area contributed by atoms with Gasteiger partial charge in [0.2, 0.25) is 5.91 Å². The smallest absolute Gasteiger partial charge is 0.417 e. The van der Waals surface area contributed by atoms with E-state index in [4.69, 9.17) is 16.3 Å². The van der Waals surface area contributed by atoms with Gasteiger partial charge in [0, 0.05) is 30.8 Å². The number of carbonyl (C=O) groups excluding carboxylic acids is 1. The maximum atomic E-state index is 12.8. The van der Waals surface area contributed by atoms with E-state index in [1.165, 1.54) is 0 Å². The van der Waals surface area contributed by atoms with E-state index in [1.807, 2.05) is 36.9 Å². The molecule has 1 saturated heterocycles. The van der Waals surface area contributed by atoms with E-state index in [1.54, 1.807) is 7.11 Å². The number of halogens is 4. The van der Waals surface area contributed by atoms with Crippen molar-refractivity contribution in [3.63, 3.8) is 0 Å². The average molecular weight is 456 g/mol. The number of rotatable bonds is 5. The molecule has 31 heavy (non-hydrogen) atoms. The number of aryl methyl sites for hydroxylation is 1. The summed E-state index contributed by atoms with van der Waals surface area (Å²) in [6, 6.07) is 6.50. The summed E-state index contributed by atoms with van der Waals surface area (Å²) in [4.78, 5) is 18.5. The topological polar surface area (TPSA) is 54.5 Å². The van der Waals surface area contributed by atoms with E-state index < -0.39 is 11.7 Å². The number of piperidine rings is 1. The van der Waals surface area contributed by atoms with Gasteiger partial charge >= 0.3 is 6.18 Å². The molecule has 1 atom stereocenters. The fraction of sp³-hybridized carbons (Fsp3) is 0.455. The molecule has 1 unspecified atom stereocenters. The molecule has 1 N–H and O–H groups in total. The molecule has 0 bridgehead atoms. The summed E-state index contributed by atoms with van der Waals surface area (Å²) >= 11 is 6.05. The third kappa shape index (κ3) is 5.42. The lowest BCUT2D eigenvalue weighted by Crippen LogP contribution is -2.41. The Kier molecular flexibility index (Phi) is 6.99. The molecule has 168 valence electrons. The molecule has 1 fully saturated rings. The summed E-state index contributed by atoms with van der Waals surface area (Å²) in [6.45, 7) is 4.86. The highest BCUT2D eigenvalue weighted by molar-refractivity contribution is 6.33. The van der Waals surface area contributed by atoms with Crippen LogP contribution >= 0.6 is 11.6 Å². The van der Waals surface area contributed by atoms with Gasteiger partial charge in [0.15, 0.2) is 0 Å². The Morgan fingerprint density at radius 2 is 1.97 bits per heavy atom. The van der Waals surface area contributed by atoms with Crippen molar-refractivity contribution < 1.29 is 22.7 Å². The Bertz CT molecular complexity index is 944. The van der Waals surface area contributed by atoms with Crippen LogP contribution < -0.4 is 15.0 Å². The monoisotopic (exact) mass is 455 g/mol. The van der Waals surface area contributed by atoms with Gasteiger partial charge in [-0.25, -0.2) is 4.98 Å². The van der Waals surface area contributed by atoms with Crippen LogP contribution in [0.1, 0.15) is 42.5 Å². The molecule has 2 heterocycles. The van der Waals surface area contributed by atoms with Crippen LogP contribution in [-0.4, -0.2) is 31.1 Å². The highest BCUT2D eigenvalue weighted by Crippen LogP contribution is 2.35. The SMILES string of the molecule is COc1ccc(C)cc1C(C)NC(=O)C1CCN(c2ncc(C(F)(F)F)cc2Cl)CC1. The second kappa shape index (κ2) is 9.34. The number of alkyl halides is 3. The molecule has 0 aliphatic carbocycles. The number of anilines is 1. The average Bonchev–Trinajstić information content (AvgIpc) is 2.73. The number of ether oxygens (including phenoxy) is 1. The number of pyridine rings is 1. The fourth-order valence-electron chi connectivity index (χ4n) is 3.77. The number of benzene rings is 1. The largest absolute Gasteiger partial charge is 0.496 e. The lowest BCUT2D eigenvalue weighted by atomic mass is 9.95. The van der Waals surface area contributed by atoms with E-state index in [-0.39, 0.29) is 22.9 Å². The van der Waals surface area contributed by atoms with Gasteiger partial charge in [-0.15, -0.1) is 0 Å². The van der Waals surface area contributed by atoms with E-state index in [9.17, 15) is 18.0 Å². The number of nitrogens with one attached hydrogen (secondary N) is 1. The van der Waals surface area contributed by atoms with Crippen LogP contribution in [0.25, 0.3) is 0 Å². The van der Waals surface area contributed by atoms with Gasteiger partial charge in [0.1, 0.15) is 11.6 Å². The summed E-state index contributed by atoms with van der Waals surface area (Å²) in [5.74, 6) is 0.785. The minimum Gasteiger partial charge on any atom is -0.496 e. The maximum absolute atomic E-state index is 12.8. The van der Waals surface area contributed by atoms with Crippen LogP contribution in [0.4, 0.5) is 19.0 Å². The van der Waals surface area contributed by atoms with Gasteiger partial charge < -0.3 is 15.0 Å². The first kappa shape index (κ1) is 23.2. The molecule has 1 aromatic carbocycles. The summed E-state index contributed by atoms with van der Waals surface area (Å²) in [7, 11) is 1.60. The molecule has 1 aliphatic heterocycles. The molecule has 0 radical (unpaired) electrons. The first-order chi connectivity index (χ1) is 14.6. The maximum Gasteiger partial charge on any atom is 0.417 e. The van der Waals surface area contributed by atoms with Crippen molar-refractivity contribution in [2.45, 2.75) is 38.9 Å². The van der Waals surface area contributed by atoms with Gasteiger partial charge in [0.05, 0.1) is 23.7 Å². The van der Waals surface area contributed by atoms with Crippen LogP contribution in [0.5, 0.6) is 5.75 Å². The van der Waals surface area contributed by atoms with E-state index in [2.05, 4.69) is 10.3 Å². The van der Waals surface area contributed by atoms with Gasteiger partial charge in [-0.3, -0.25) is 4.79 Å². The second-order valence-corrected chi connectivity index (χ2v) is 8.17. The number of carbonyl (C=O) groups is 1. The van der Waals surface area contributed by atoms with Crippen molar-refractivity contribution in [2.24, 2.45) is 5.92 Å². The van der Waals surface area contributed by atoms with Gasteiger partial charge in [-0.1, -0.05) is 29.3 Å². The number of hydrogen-bond acceptors (Lipinski definition) is 4. The summed E-state index contributed by atoms with van der Waals surface area (Å²) < 4.78 is 43.8. The van der Waals surface area contributed by atoms with Crippen molar-refractivity contribution in [2.75, 3.05) is 25.1 Å². The lowest BCUT2D eigenvalue weighted by molar-refractivity contribution is -0.137. The molecule has 0 spiro atoms. The van der Waals surface area contributed by atoms with Gasteiger partial charge in [-0.2, -0.15) is 13.2 Å². The zero-order chi connectivity index (χ0) is 22.8. The van der Waals surface area contributed by atoms with E-state index >= 15 is 0 Å². The van der Waals surface area contributed by atoms with Crippen LogP contribution in [0.2, 0.25) is 5.02 Å². The Balaban J connectivity index is 1.61. The Labute approximate surface area is 184 Å². The third-order valence-corrected chi connectivity index (χ3v) is 5.80. The van der Waals surface area contributed by atoms with Gasteiger partial charge in [-0.05, 0) is 38.8 Å². The molecule has 1 amide bonds. The summed E-state index contributed by atoms with van der Waals surface area (Å²) in [5.41, 5.74) is 1.11. The summed E-state index contributed by atoms with van der Waals surface area (Å²) in [5, 5.41) is 3.01. The third-order valence-electron chi connectivity index (χ3n) is 5.52. The standard InChI is InChI=1S/C22H25ClF3N3O2/c1-13-4-5-19(31-3)17(10-13)14(2)28-21(30)15-6-8-29(9-7-15)20-18(23)11-16(12-27-20)22(24,25)26/h4-5,10-12,14-15H,6-9H2,1-3H3,(H,28,30). The molecule has 5 nitrogen and oxygen atoms in total. The van der Waals surface area contributed by atoms with Crippen LogP contribution in [0.15, 0.2) is 30.5 Å². The lowest BCUT2D eigenvalue weighted by Gasteiger charge is -2.33. The summed E-state index contributed by atoms with van der Waals surface area (Å²) in [6.07, 6.45) is -2.58. The quantitative estimate of drug-likeness (QED) is 0.676. The normalized spacial score (nSPS) is 16.2. The second-order valence-electron chi connectivity index (χ2n) is 7.76. The number of hydrogen-bond donors (Lipinski definition) is 1. The van der Waals surface area contributed by atoms with Crippen molar-refractivity contribution in [1.82, 2.24) is 10.3 Å². The number of methoxy groups -OCH3 is 1. The Morgan fingerprint density at radius 1 is 1.29 bits per heavy atom. The zero-order valence-corrected chi connectivity index (χ0v) is 18.3. The zero-order valence-electron chi connectivity index (χ0n) is 17.6. The predicted octanol–water partition coefficient (Wildman–Crippen LogP) is 5.16. The molecule has 0 saturated carbocycles. The van der Waals surface area contributed by atoms with Crippen LogP contribution in [0, 0.1) is 12.8 Å². The highest BCUT2D eigenvalue weighted by atomic mass is 35.5. The van der Waals surface area contributed by atoms with Crippen molar-refractivity contribution >= 4 is 23.3 Å². The minimum atomic E-state index is -4.49. The van der Waals surface area contributed by atoms with E-state index in [0.29, 0.717) is 31.7 Å². The molecule has 1 aromatic heterocycles. The molecule has 1 aliphatic rings. The van der Waals surface area contributed by atoms with Crippen molar-refractivity contribution in [3.8, 4) is 5.75 Å². The van der Waals surface area contributed by atoms with Gasteiger partial charge in [0.25, 0.3) is 0 Å². The van der Waals surface area contributed by atoms with Crippen molar-refractivity contribution in [1.29, 1.82) is 0 Å². The minimum absolute atomic E-state index is 0.0436. The van der Waals surface area contributed by atoms with Crippen molar-refractivity contribution in [3.05, 3.63) is 52.2 Å². The fourth-order valence-corrected chi connectivity index (χ4v) is 4.06. The van der Waals surface area contributed by atoms with E-state index in [0.717, 1.165) is 29.1 Å². The first-order valence-corrected chi connectivity index (χ1v) is 10.4. The molecular weight excluding hydrogens is 431 g/mol. The molecule has 2 aromatic rings. The number of amides is 1. The molecular formula is C22H25ClF3N3O2. The first-order valence-electron chi connectivity index (χ1n) is 10.0. The number of nitrogens with zero attached hydrogens (tertiary/aromatic N) is 2. The predicted molar refractivity (Wildman–Crippen MR) is 113 cm³/mol. The molecule has 9 heteroatoms. The van der Waals surface area contributed by atoms with Crippen LogP contribution in [-0.2, 0) is 11.0 Å². The van der Waals surface area contributed by atoms with Crippen LogP contribution in [0.3, 0.4) is 0 Å². The Morgan fingerprint density at radius 3 is 2.55 bits per heavy atom. The number of aromatic nitrogens is 1. The highest BCUT2D eigenvalue weighted by Gasteiger charge is 2.33. The molecule has 3 rings (SSSR count).